The Kier molecular flexibility index (Phi) is 4.04. The summed E-state index contributed by atoms with van der Waals surface area (Å²) < 4.78 is 20.9. The lowest BCUT2D eigenvalue weighted by Crippen LogP contribution is -2.18. The van der Waals surface area contributed by atoms with Gasteiger partial charge in [-0.15, -0.1) is 10.2 Å². The molecule has 0 spiro atoms. The maximum atomic E-state index is 11.9. The van der Waals surface area contributed by atoms with Crippen LogP contribution in [0.2, 0.25) is 0 Å². The summed E-state index contributed by atoms with van der Waals surface area (Å²) in [4.78, 5) is 11.9. The first kappa shape index (κ1) is 14.1. The Labute approximate surface area is 126 Å². The van der Waals surface area contributed by atoms with E-state index in [1.54, 1.807) is 6.92 Å². The van der Waals surface area contributed by atoms with Gasteiger partial charge in [-0.3, -0.25) is 0 Å². The van der Waals surface area contributed by atoms with E-state index in [0.717, 1.165) is 5.56 Å². The highest BCUT2D eigenvalue weighted by Gasteiger charge is 2.23. The molecule has 0 amide bonds. The number of hydrogen-bond acceptors (Lipinski definition) is 7. The highest BCUT2D eigenvalue weighted by atomic mass is 16.6. The molecule has 1 aliphatic heterocycles. The second-order valence-electron chi connectivity index (χ2n) is 4.56. The zero-order valence-corrected chi connectivity index (χ0v) is 11.9. The van der Waals surface area contributed by atoms with Gasteiger partial charge in [0.25, 0.3) is 5.89 Å². The Morgan fingerprint density at radius 3 is 2.77 bits per heavy atom. The topological polar surface area (TPSA) is 83.7 Å². The van der Waals surface area contributed by atoms with E-state index in [-0.39, 0.29) is 11.6 Å². The predicted octanol–water partition coefficient (Wildman–Crippen LogP) is 2.23. The first-order chi connectivity index (χ1) is 10.7. The molecular formula is C15H14N2O5. The Balaban J connectivity index is 1.68. The van der Waals surface area contributed by atoms with Crippen molar-refractivity contribution in [1.82, 2.24) is 10.2 Å². The fourth-order valence-electron chi connectivity index (χ4n) is 1.84. The normalized spacial score (nSPS) is 15.2. The lowest BCUT2D eigenvalue weighted by Gasteiger charge is -2.15. The second-order valence-corrected chi connectivity index (χ2v) is 4.56. The van der Waals surface area contributed by atoms with Crippen molar-refractivity contribution >= 4 is 5.97 Å². The molecule has 0 N–H and O–H groups in total. The van der Waals surface area contributed by atoms with Gasteiger partial charge in [0, 0.05) is 5.56 Å². The van der Waals surface area contributed by atoms with Crippen LogP contribution in [0.5, 0.6) is 0 Å². The second kappa shape index (κ2) is 6.30. The molecule has 0 radical (unpaired) electrons. The largest absolute Gasteiger partial charge is 0.493 e. The van der Waals surface area contributed by atoms with Crippen molar-refractivity contribution in [3.63, 3.8) is 0 Å². The van der Waals surface area contributed by atoms with E-state index in [4.69, 9.17) is 18.6 Å². The third kappa shape index (κ3) is 3.08. The van der Waals surface area contributed by atoms with Crippen LogP contribution in [0.25, 0.3) is 11.5 Å². The third-order valence-corrected chi connectivity index (χ3v) is 2.94. The summed E-state index contributed by atoms with van der Waals surface area (Å²) in [5.74, 6) is -0.0212. The van der Waals surface area contributed by atoms with Gasteiger partial charge in [-0.1, -0.05) is 18.2 Å². The van der Waals surface area contributed by atoms with Crippen molar-refractivity contribution in [2.75, 3.05) is 13.2 Å². The van der Waals surface area contributed by atoms with Gasteiger partial charge < -0.3 is 18.6 Å². The van der Waals surface area contributed by atoms with E-state index in [9.17, 15) is 4.79 Å². The zero-order chi connectivity index (χ0) is 15.4. The molecule has 0 fully saturated rings. The van der Waals surface area contributed by atoms with E-state index in [2.05, 4.69) is 10.2 Å². The first-order valence-electron chi connectivity index (χ1n) is 6.78. The maximum absolute atomic E-state index is 11.9. The molecular weight excluding hydrogens is 288 g/mol. The molecule has 3 rings (SSSR count). The smallest absolute Gasteiger partial charge is 0.377 e. The van der Waals surface area contributed by atoms with Crippen molar-refractivity contribution in [3.8, 4) is 11.5 Å². The molecule has 1 atom stereocenters. The zero-order valence-electron chi connectivity index (χ0n) is 11.9. The molecule has 1 aliphatic rings. The average molecular weight is 302 g/mol. The molecule has 2 heterocycles. The molecule has 0 saturated carbocycles. The van der Waals surface area contributed by atoms with Crippen LogP contribution in [0.1, 0.15) is 18.9 Å². The van der Waals surface area contributed by atoms with Crippen LogP contribution in [-0.2, 0) is 19.0 Å². The van der Waals surface area contributed by atoms with Gasteiger partial charge in [0.1, 0.15) is 19.5 Å². The summed E-state index contributed by atoms with van der Waals surface area (Å²) in [5.41, 5.74) is 0.798. The van der Waals surface area contributed by atoms with Gasteiger partial charge in [0.2, 0.25) is 11.6 Å². The molecule has 0 bridgehead atoms. The molecule has 2 aromatic rings. The van der Waals surface area contributed by atoms with Crippen molar-refractivity contribution in [2.45, 2.75) is 13.0 Å². The number of carbonyl (C=O) groups is 1. The van der Waals surface area contributed by atoms with Crippen LogP contribution < -0.4 is 0 Å². The highest BCUT2D eigenvalue weighted by molar-refractivity contribution is 5.86. The summed E-state index contributed by atoms with van der Waals surface area (Å²) in [6, 6.07) is 9.34. The van der Waals surface area contributed by atoms with Gasteiger partial charge in [-0.2, -0.15) is 0 Å². The molecule has 1 unspecified atom stereocenters. The van der Waals surface area contributed by atoms with Gasteiger partial charge in [0.05, 0.1) is 0 Å². The number of esters is 1. The van der Waals surface area contributed by atoms with E-state index in [0.29, 0.717) is 19.1 Å². The Bertz CT molecular complexity index is 680. The fraction of sp³-hybridized carbons (Fsp3) is 0.267. The number of benzene rings is 1. The van der Waals surface area contributed by atoms with Crippen LogP contribution in [0.4, 0.5) is 0 Å². The summed E-state index contributed by atoms with van der Waals surface area (Å²) in [5, 5.41) is 7.85. The average Bonchev–Trinajstić information content (AvgIpc) is 3.06. The molecule has 0 aliphatic carbocycles. The van der Waals surface area contributed by atoms with Gasteiger partial charge in [-0.05, 0) is 19.1 Å². The van der Waals surface area contributed by atoms with Crippen molar-refractivity contribution in [3.05, 3.63) is 48.2 Å². The summed E-state index contributed by atoms with van der Waals surface area (Å²) >= 11 is 0. The van der Waals surface area contributed by atoms with Crippen LogP contribution >= 0.6 is 0 Å². The molecule has 7 heteroatoms. The van der Waals surface area contributed by atoms with Gasteiger partial charge >= 0.3 is 5.97 Å². The Morgan fingerprint density at radius 1 is 1.23 bits per heavy atom. The molecule has 114 valence electrons. The van der Waals surface area contributed by atoms with Gasteiger partial charge in [0.15, 0.2) is 6.10 Å². The number of carbonyl (C=O) groups excluding carboxylic acids is 1. The molecule has 1 aromatic carbocycles. The maximum Gasteiger partial charge on any atom is 0.377 e. The SMILES string of the molecule is CC(OC(=O)C1=COCCO1)c1nnc(-c2ccccc2)o1. The van der Waals surface area contributed by atoms with Crippen LogP contribution in [0.15, 0.2) is 46.8 Å². The lowest BCUT2D eigenvalue weighted by atomic mass is 10.2. The monoisotopic (exact) mass is 302 g/mol. The quantitative estimate of drug-likeness (QED) is 0.801. The fourth-order valence-corrected chi connectivity index (χ4v) is 1.84. The first-order valence-corrected chi connectivity index (χ1v) is 6.78. The predicted molar refractivity (Wildman–Crippen MR) is 74.2 cm³/mol. The third-order valence-electron chi connectivity index (χ3n) is 2.94. The number of hydrogen-bond donors (Lipinski definition) is 0. The Morgan fingerprint density at radius 2 is 2.05 bits per heavy atom. The van der Waals surface area contributed by atoms with Crippen LogP contribution in [0.3, 0.4) is 0 Å². The van der Waals surface area contributed by atoms with Crippen molar-refractivity contribution in [2.24, 2.45) is 0 Å². The standard InChI is InChI=1S/C15H14N2O5/c1-10(21-15(18)12-9-19-7-8-20-12)13-16-17-14(22-13)11-5-3-2-4-6-11/h2-6,9-10H,7-8H2,1H3. The molecule has 0 saturated heterocycles. The van der Waals surface area contributed by atoms with Crippen molar-refractivity contribution < 1.29 is 23.4 Å². The van der Waals surface area contributed by atoms with Crippen LogP contribution in [-0.4, -0.2) is 29.4 Å². The van der Waals surface area contributed by atoms with Crippen molar-refractivity contribution in [1.29, 1.82) is 0 Å². The number of rotatable bonds is 4. The summed E-state index contributed by atoms with van der Waals surface area (Å²) in [6.45, 7) is 2.37. The minimum absolute atomic E-state index is 0.0286. The molecule has 7 nitrogen and oxygen atoms in total. The van der Waals surface area contributed by atoms with E-state index >= 15 is 0 Å². The van der Waals surface area contributed by atoms with E-state index in [1.165, 1.54) is 6.26 Å². The number of ether oxygens (including phenoxy) is 3. The minimum Gasteiger partial charge on any atom is -0.493 e. The molecule has 22 heavy (non-hydrogen) atoms. The number of nitrogens with zero attached hydrogens (tertiary/aromatic N) is 2. The summed E-state index contributed by atoms with van der Waals surface area (Å²) in [7, 11) is 0. The summed E-state index contributed by atoms with van der Waals surface area (Å²) in [6.07, 6.45) is 0.547. The van der Waals surface area contributed by atoms with E-state index < -0.39 is 12.1 Å². The minimum atomic E-state index is -0.691. The molecule has 1 aromatic heterocycles. The lowest BCUT2D eigenvalue weighted by molar-refractivity contribution is -0.150. The highest BCUT2D eigenvalue weighted by Crippen LogP contribution is 2.23. The Hall–Kier alpha value is -2.83. The van der Waals surface area contributed by atoms with E-state index in [1.807, 2.05) is 30.3 Å². The van der Waals surface area contributed by atoms with Crippen LogP contribution in [0, 0.1) is 0 Å². The number of aromatic nitrogens is 2. The van der Waals surface area contributed by atoms with Gasteiger partial charge in [-0.25, -0.2) is 4.79 Å².